The predicted octanol–water partition coefficient (Wildman–Crippen LogP) is 2.41. The van der Waals surface area contributed by atoms with Crippen molar-refractivity contribution in [2.24, 2.45) is 0 Å². The molecule has 3 N–H and O–H groups in total. The van der Waals surface area contributed by atoms with Gasteiger partial charge in [0.2, 0.25) is 0 Å². The standard InChI is InChI=1S/C16H19NO2/c1-2-18-16-10-14(11-17)8-9-15(16)19-12-13-6-4-3-5-7-13/h3-10H,2,11-12,17H2,1H3/p+1. The van der Waals surface area contributed by atoms with Crippen LogP contribution in [0.3, 0.4) is 0 Å². The van der Waals surface area contributed by atoms with Crippen molar-refractivity contribution in [1.82, 2.24) is 0 Å². The molecule has 0 saturated heterocycles. The molecule has 0 aliphatic rings. The molecule has 19 heavy (non-hydrogen) atoms. The normalized spacial score (nSPS) is 10.2. The molecule has 0 spiro atoms. The maximum atomic E-state index is 5.83. The summed E-state index contributed by atoms with van der Waals surface area (Å²) in [6.45, 7) is 3.89. The van der Waals surface area contributed by atoms with E-state index in [1.165, 1.54) is 0 Å². The Morgan fingerprint density at radius 2 is 1.68 bits per heavy atom. The summed E-state index contributed by atoms with van der Waals surface area (Å²) >= 11 is 0. The van der Waals surface area contributed by atoms with Gasteiger partial charge in [-0.25, -0.2) is 0 Å². The Labute approximate surface area is 114 Å². The van der Waals surface area contributed by atoms with E-state index < -0.39 is 0 Å². The molecule has 0 aliphatic heterocycles. The van der Waals surface area contributed by atoms with Crippen molar-refractivity contribution in [3.8, 4) is 11.5 Å². The lowest BCUT2D eigenvalue weighted by atomic mass is 10.2. The first-order valence-electron chi connectivity index (χ1n) is 6.55. The minimum Gasteiger partial charge on any atom is -0.490 e. The van der Waals surface area contributed by atoms with E-state index in [4.69, 9.17) is 9.47 Å². The molecular weight excluding hydrogens is 238 g/mol. The molecule has 100 valence electrons. The van der Waals surface area contributed by atoms with E-state index in [9.17, 15) is 0 Å². The lowest BCUT2D eigenvalue weighted by molar-refractivity contribution is -0.386. The topological polar surface area (TPSA) is 46.1 Å². The van der Waals surface area contributed by atoms with Crippen molar-refractivity contribution in [3.05, 3.63) is 59.7 Å². The molecule has 0 amide bonds. The number of quaternary nitrogens is 1. The fraction of sp³-hybridized carbons (Fsp3) is 0.250. The van der Waals surface area contributed by atoms with Gasteiger partial charge in [-0.15, -0.1) is 0 Å². The molecule has 3 heteroatoms. The van der Waals surface area contributed by atoms with Crippen LogP contribution in [0, 0.1) is 0 Å². The molecule has 2 rings (SSSR count). The van der Waals surface area contributed by atoms with Gasteiger partial charge in [-0.2, -0.15) is 0 Å². The van der Waals surface area contributed by atoms with Crippen LogP contribution in [0.25, 0.3) is 0 Å². The highest BCUT2D eigenvalue weighted by molar-refractivity contribution is 5.43. The zero-order valence-electron chi connectivity index (χ0n) is 11.3. The quantitative estimate of drug-likeness (QED) is 0.865. The van der Waals surface area contributed by atoms with Crippen molar-refractivity contribution in [2.75, 3.05) is 6.61 Å². The molecular formula is C16H20NO2+. The van der Waals surface area contributed by atoms with Crippen LogP contribution in [0.4, 0.5) is 0 Å². The Morgan fingerprint density at radius 1 is 0.895 bits per heavy atom. The molecule has 2 aromatic carbocycles. The minimum atomic E-state index is 0.546. The average Bonchev–Trinajstić information content (AvgIpc) is 2.47. The second-order valence-electron chi connectivity index (χ2n) is 4.24. The Bertz CT molecular complexity index is 511. The highest BCUT2D eigenvalue weighted by Crippen LogP contribution is 2.29. The highest BCUT2D eigenvalue weighted by atomic mass is 16.5. The van der Waals surface area contributed by atoms with Crippen molar-refractivity contribution in [2.45, 2.75) is 20.1 Å². The largest absolute Gasteiger partial charge is 0.490 e. The van der Waals surface area contributed by atoms with Crippen LogP contribution in [0.2, 0.25) is 0 Å². The summed E-state index contributed by atoms with van der Waals surface area (Å²) in [4.78, 5) is 0. The Balaban J connectivity index is 2.10. The first-order valence-corrected chi connectivity index (χ1v) is 6.55. The van der Waals surface area contributed by atoms with Crippen LogP contribution in [0.5, 0.6) is 11.5 Å². The number of hydrogen-bond acceptors (Lipinski definition) is 2. The summed E-state index contributed by atoms with van der Waals surface area (Å²) in [7, 11) is 0. The monoisotopic (exact) mass is 258 g/mol. The second kappa shape index (κ2) is 6.81. The Hall–Kier alpha value is -2.00. The van der Waals surface area contributed by atoms with Gasteiger partial charge in [0.15, 0.2) is 11.5 Å². The summed E-state index contributed by atoms with van der Waals surface area (Å²) in [6.07, 6.45) is 0. The third-order valence-electron chi connectivity index (χ3n) is 2.83. The molecule has 2 aromatic rings. The molecule has 0 atom stereocenters. The molecule has 0 aliphatic carbocycles. The van der Waals surface area contributed by atoms with Gasteiger partial charge in [0, 0.05) is 5.56 Å². The zero-order chi connectivity index (χ0) is 13.5. The van der Waals surface area contributed by atoms with E-state index in [0.717, 1.165) is 29.2 Å². The van der Waals surface area contributed by atoms with Crippen LogP contribution in [-0.4, -0.2) is 6.61 Å². The molecule has 0 fully saturated rings. The van der Waals surface area contributed by atoms with E-state index in [0.29, 0.717) is 13.2 Å². The zero-order valence-corrected chi connectivity index (χ0v) is 11.3. The van der Waals surface area contributed by atoms with Gasteiger partial charge in [0.1, 0.15) is 6.61 Å². The lowest BCUT2D eigenvalue weighted by Gasteiger charge is -2.12. The summed E-state index contributed by atoms with van der Waals surface area (Å²) < 4.78 is 11.4. The maximum Gasteiger partial charge on any atom is 0.161 e. The first kappa shape index (κ1) is 13.4. The van der Waals surface area contributed by atoms with Crippen molar-refractivity contribution >= 4 is 0 Å². The van der Waals surface area contributed by atoms with Crippen molar-refractivity contribution in [3.63, 3.8) is 0 Å². The minimum absolute atomic E-state index is 0.546. The fourth-order valence-corrected chi connectivity index (χ4v) is 1.83. The van der Waals surface area contributed by atoms with E-state index >= 15 is 0 Å². The van der Waals surface area contributed by atoms with Crippen LogP contribution in [-0.2, 0) is 13.2 Å². The van der Waals surface area contributed by atoms with Crippen LogP contribution in [0.1, 0.15) is 18.1 Å². The molecule has 0 bridgehead atoms. The summed E-state index contributed by atoms with van der Waals surface area (Å²) in [6, 6.07) is 16.1. The van der Waals surface area contributed by atoms with E-state index in [1.54, 1.807) is 0 Å². The van der Waals surface area contributed by atoms with Gasteiger partial charge < -0.3 is 15.2 Å². The van der Waals surface area contributed by atoms with Gasteiger partial charge in [-0.1, -0.05) is 30.3 Å². The third kappa shape index (κ3) is 3.73. The average molecular weight is 258 g/mol. The molecule has 0 aromatic heterocycles. The first-order chi connectivity index (χ1) is 9.33. The number of hydrogen-bond donors (Lipinski definition) is 1. The summed E-state index contributed by atoms with van der Waals surface area (Å²) in [5.74, 6) is 1.57. The lowest BCUT2D eigenvalue weighted by Crippen LogP contribution is -2.47. The van der Waals surface area contributed by atoms with Gasteiger partial charge >= 0.3 is 0 Å². The van der Waals surface area contributed by atoms with Gasteiger partial charge in [0.05, 0.1) is 13.2 Å². The molecule has 0 saturated carbocycles. The summed E-state index contributed by atoms with van der Waals surface area (Å²) in [5, 5.41) is 0. The van der Waals surface area contributed by atoms with Gasteiger partial charge in [0.25, 0.3) is 0 Å². The molecule has 0 heterocycles. The van der Waals surface area contributed by atoms with Gasteiger partial charge in [-0.05, 0) is 30.7 Å². The smallest absolute Gasteiger partial charge is 0.161 e. The van der Waals surface area contributed by atoms with E-state index in [-0.39, 0.29) is 0 Å². The second-order valence-corrected chi connectivity index (χ2v) is 4.24. The third-order valence-corrected chi connectivity index (χ3v) is 2.83. The predicted molar refractivity (Wildman–Crippen MR) is 75.0 cm³/mol. The van der Waals surface area contributed by atoms with Crippen LogP contribution < -0.4 is 15.2 Å². The fourth-order valence-electron chi connectivity index (χ4n) is 1.83. The van der Waals surface area contributed by atoms with E-state index in [2.05, 4.69) is 5.73 Å². The van der Waals surface area contributed by atoms with Crippen LogP contribution >= 0.6 is 0 Å². The number of ether oxygens (including phenoxy) is 2. The van der Waals surface area contributed by atoms with Crippen LogP contribution in [0.15, 0.2) is 48.5 Å². The van der Waals surface area contributed by atoms with Crippen molar-refractivity contribution < 1.29 is 15.2 Å². The Kier molecular flexibility index (Phi) is 4.81. The van der Waals surface area contributed by atoms with Crippen molar-refractivity contribution in [1.29, 1.82) is 0 Å². The van der Waals surface area contributed by atoms with Gasteiger partial charge in [-0.3, -0.25) is 0 Å². The Morgan fingerprint density at radius 3 is 2.37 bits per heavy atom. The molecule has 0 radical (unpaired) electrons. The SMILES string of the molecule is CCOc1cc(C[NH3+])ccc1OCc1ccccc1. The maximum absolute atomic E-state index is 5.83. The highest BCUT2D eigenvalue weighted by Gasteiger charge is 2.07. The summed E-state index contributed by atoms with van der Waals surface area (Å²) in [5.41, 5.74) is 6.18. The number of rotatable bonds is 6. The molecule has 3 nitrogen and oxygen atoms in total. The number of benzene rings is 2. The van der Waals surface area contributed by atoms with E-state index in [1.807, 2.05) is 55.5 Å². The molecule has 0 unspecified atom stereocenters.